The first-order valence-electron chi connectivity index (χ1n) is 8.12. The molecule has 0 saturated carbocycles. The summed E-state index contributed by atoms with van der Waals surface area (Å²) in [6, 6.07) is 4.00. The molecule has 0 bridgehead atoms. The monoisotopic (exact) mass is 352 g/mol. The highest BCUT2D eigenvalue weighted by atomic mass is 19.1. The molecule has 0 heterocycles. The van der Waals surface area contributed by atoms with Gasteiger partial charge in [-0.15, -0.1) is 0 Å². The summed E-state index contributed by atoms with van der Waals surface area (Å²) in [5.74, 6) is -1.62. The van der Waals surface area contributed by atoms with Crippen LogP contribution in [0.5, 0.6) is 0 Å². The number of esters is 1. The number of benzene rings is 1. The molecule has 2 N–H and O–H groups in total. The quantitative estimate of drug-likeness (QED) is 0.696. The van der Waals surface area contributed by atoms with Gasteiger partial charge in [0.15, 0.2) is 0 Å². The van der Waals surface area contributed by atoms with Crippen LogP contribution in [0.2, 0.25) is 0 Å². The Morgan fingerprint density at radius 1 is 1.08 bits per heavy atom. The molecular formula is C18H25FN2O4. The molecule has 0 saturated heterocycles. The van der Waals surface area contributed by atoms with Crippen LogP contribution in [-0.4, -0.2) is 37.0 Å². The zero-order valence-electron chi connectivity index (χ0n) is 15.0. The summed E-state index contributed by atoms with van der Waals surface area (Å²) in [4.78, 5) is 35.8. The smallest absolute Gasteiger partial charge is 0.328 e. The number of carbonyl (C=O) groups is 3. The van der Waals surface area contributed by atoms with Gasteiger partial charge in [-0.05, 0) is 30.0 Å². The van der Waals surface area contributed by atoms with Crippen molar-refractivity contribution >= 4 is 17.8 Å². The van der Waals surface area contributed by atoms with E-state index in [1.807, 2.05) is 13.8 Å². The summed E-state index contributed by atoms with van der Waals surface area (Å²) in [5.41, 5.74) is 0.689. The van der Waals surface area contributed by atoms with Crippen molar-refractivity contribution in [2.45, 2.75) is 45.7 Å². The van der Waals surface area contributed by atoms with Gasteiger partial charge in [0.2, 0.25) is 11.8 Å². The Kier molecular flexibility index (Phi) is 8.04. The average molecular weight is 352 g/mol. The third-order valence-corrected chi connectivity index (χ3v) is 3.56. The van der Waals surface area contributed by atoms with Crippen LogP contribution in [0.15, 0.2) is 24.3 Å². The summed E-state index contributed by atoms with van der Waals surface area (Å²) in [6.07, 6.45) is 0.600. The van der Waals surface area contributed by atoms with Crippen molar-refractivity contribution in [3.63, 3.8) is 0 Å². The molecule has 6 nitrogen and oxygen atoms in total. The normalized spacial score (nSPS) is 13.0. The summed E-state index contributed by atoms with van der Waals surface area (Å²) in [6.45, 7) is 5.15. The van der Waals surface area contributed by atoms with Crippen LogP contribution in [0.1, 0.15) is 32.8 Å². The number of rotatable bonds is 8. The lowest BCUT2D eigenvalue weighted by atomic mass is 10.0. The molecule has 7 heteroatoms. The van der Waals surface area contributed by atoms with E-state index in [0.717, 1.165) is 0 Å². The van der Waals surface area contributed by atoms with Gasteiger partial charge in [0.05, 0.1) is 7.11 Å². The van der Waals surface area contributed by atoms with Gasteiger partial charge in [-0.25, -0.2) is 9.18 Å². The molecule has 1 aromatic rings. The van der Waals surface area contributed by atoms with Gasteiger partial charge in [0.1, 0.15) is 17.9 Å². The second-order valence-electron chi connectivity index (χ2n) is 6.30. The topological polar surface area (TPSA) is 84.5 Å². The third kappa shape index (κ3) is 7.32. The van der Waals surface area contributed by atoms with Gasteiger partial charge < -0.3 is 15.4 Å². The van der Waals surface area contributed by atoms with Gasteiger partial charge in [0, 0.05) is 13.3 Å². The minimum atomic E-state index is -0.873. The van der Waals surface area contributed by atoms with E-state index >= 15 is 0 Å². The Morgan fingerprint density at radius 2 is 1.68 bits per heavy atom. The summed E-state index contributed by atoms with van der Waals surface area (Å²) in [7, 11) is 1.26. The van der Waals surface area contributed by atoms with E-state index in [0.29, 0.717) is 12.0 Å². The molecule has 0 aliphatic heterocycles. The fraction of sp³-hybridized carbons (Fsp3) is 0.500. The number of ether oxygens (including phenoxy) is 1. The van der Waals surface area contributed by atoms with Crippen molar-refractivity contribution in [1.82, 2.24) is 10.6 Å². The van der Waals surface area contributed by atoms with Gasteiger partial charge >= 0.3 is 5.97 Å². The predicted molar refractivity (Wildman–Crippen MR) is 91.1 cm³/mol. The van der Waals surface area contributed by atoms with E-state index in [9.17, 15) is 18.8 Å². The van der Waals surface area contributed by atoms with E-state index in [1.165, 1.54) is 26.2 Å². The van der Waals surface area contributed by atoms with Crippen LogP contribution in [0.3, 0.4) is 0 Å². The zero-order chi connectivity index (χ0) is 19.0. The van der Waals surface area contributed by atoms with Crippen LogP contribution in [0.25, 0.3) is 0 Å². The fourth-order valence-corrected chi connectivity index (χ4v) is 2.41. The SMILES string of the molecule is COC(=O)[C@H](CC(C)C)NC(=O)[C@H](Cc1ccc(F)cc1)NC(C)=O. The highest BCUT2D eigenvalue weighted by Gasteiger charge is 2.27. The molecular weight excluding hydrogens is 327 g/mol. The molecule has 0 radical (unpaired) electrons. The molecule has 1 rings (SSSR count). The Morgan fingerprint density at radius 3 is 2.16 bits per heavy atom. The second kappa shape index (κ2) is 9.76. The summed E-state index contributed by atoms with van der Waals surface area (Å²) >= 11 is 0. The molecule has 0 fully saturated rings. The molecule has 0 aromatic heterocycles. The summed E-state index contributed by atoms with van der Waals surface area (Å²) in [5, 5.41) is 5.20. The standard InChI is InChI=1S/C18H25FN2O4/c1-11(2)9-16(18(24)25-4)21-17(23)15(20-12(3)22)10-13-5-7-14(19)8-6-13/h5-8,11,15-16H,9-10H2,1-4H3,(H,20,22)(H,21,23)/t15-,16-/m0/s1. The van der Waals surface area contributed by atoms with Crippen molar-refractivity contribution in [2.75, 3.05) is 7.11 Å². The third-order valence-electron chi connectivity index (χ3n) is 3.56. The van der Waals surface area contributed by atoms with E-state index in [4.69, 9.17) is 4.74 Å². The molecule has 0 aliphatic carbocycles. The molecule has 1 aromatic carbocycles. The average Bonchev–Trinajstić information content (AvgIpc) is 2.54. The number of carbonyl (C=O) groups excluding carboxylic acids is 3. The van der Waals surface area contributed by atoms with Crippen molar-refractivity contribution in [1.29, 1.82) is 0 Å². The van der Waals surface area contributed by atoms with Gasteiger partial charge in [-0.2, -0.15) is 0 Å². The minimum Gasteiger partial charge on any atom is -0.467 e. The fourth-order valence-electron chi connectivity index (χ4n) is 2.41. The van der Waals surface area contributed by atoms with Crippen molar-refractivity contribution in [3.05, 3.63) is 35.6 Å². The number of hydrogen-bond donors (Lipinski definition) is 2. The van der Waals surface area contributed by atoms with Gasteiger partial charge in [-0.1, -0.05) is 26.0 Å². The maximum Gasteiger partial charge on any atom is 0.328 e. The number of nitrogens with one attached hydrogen (secondary N) is 2. The maximum absolute atomic E-state index is 13.0. The van der Waals surface area contributed by atoms with E-state index in [-0.39, 0.29) is 24.1 Å². The number of methoxy groups -OCH3 is 1. The molecule has 0 spiro atoms. The Balaban J connectivity index is 2.88. The summed E-state index contributed by atoms with van der Waals surface area (Å²) < 4.78 is 17.7. The van der Waals surface area contributed by atoms with Crippen molar-refractivity contribution < 1.29 is 23.5 Å². The van der Waals surface area contributed by atoms with Crippen LogP contribution in [0, 0.1) is 11.7 Å². The Labute approximate surface area is 147 Å². The van der Waals surface area contributed by atoms with Crippen molar-refractivity contribution in [2.24, 2.45) is 5.92 Å². The lowest BCUT2D eigenvalue weighted by Crippen LogP contribution is -2.52. The highest BCUT2D eigenvalue weighted by molar-refractivity contribution is 5.90. The molecule has 2 amide bonds. The molecule has 25 heavy (non-hydrogen) atoms. The molecule has 138 valence electrons. The molecule has 0 aliphatic rings. The first-order valence-corrected chi connectivity index (χ1v) is 8.12. The Hall–Kier alpha value is -2.44. The van der Waals surface area contributed by atoms with Crippen LogP contribution >= 0.6 is 0 Å². The lowest BCUT2D eigenvalue weighted by Gasteiger charge is -2.23. The van der Waals surface area contributed by atoms with E-state index in [1.54, 1.807) is 12.1 Å². The van der Waals surface area contributed by atoms with Gasteiger partial charge in [0.25, 0.3) is 0 Å². The first-order chi connectivity index (χ1) is 11.7. The van der Waals surface area contributed by atoms with E-state index in [2.05, 4.69) is 10.6 Å². The van der Waals surface area contributed by atoms with Crippen molar-refractivity contribution in [3.8, 4) is 0 Å². The predicted octanol–water partition coefficient (Wildman–Crippen LogP) is 1.58. The zero-order valence-corrected chi connectivity index (χ0v) is 15.0. The number of amides is 2. The van der Waals surface area contributed by atoms with Gasteiger partial charge in [-0.3, -0.25) is 9.59 Å². The van der Waals surface area contributed by atoms with E-state index < -0.39 is 24.0 Å². The number of hydrogen-bond acceptors (Lipinski definition) is 4. The van der Waals surface area contributed by atoms with Crippen LogP contribution < -0.4 is 10.6 Å². The highest BCUT2D eigenvalue weighted by Crippen LogP contribution is 2.09. The molecule has 0 unspecified atom stereocenters. The second-order valence-corrected chi connectivity index (χ2v) is 6.30. The van der Waals surface area contributed by atoms with Crippen LogP contribution in [-0.2, 0) is 25.5 Å². The van der Waals surface area contributed by atoms with Crippen LogP contribution in [0.4, 0.5) is 4.39 Å². The largest absolute Gasteiger partial charge is 0.467 e. The lowest BCUT2D eigenvalue weighted by molar-refractivity contribution is -0.145. The number of halogens is 1. The maximum atomic E-state index is 13.0. The Bertz CT molecular complexity index is 602. The molecule has 2 atom stereocenters. The minimum absolute atomic E-state index is 0.167. The first kappa shape index (κ1) is 20.6.